The third-order valence-corrected chi connectivity index (χ3v) is 3.48. The number of ether oxygens (including phenoxy) is 2. The smallest absolute Gasteiger partial charge is 0.161 e. The minimum absolute atomic E-state index is 0.560. The van der Waals surface area contributed by atoms with Crippen LogP contribution in [0.5, 0.6) is 11.5 Å². The van der Waals surface area contributed by atoms with Crippen LogP contribution in [0.3, 0.4) is 0 Å². The van der Waals surface area contributed by atoms with E-state index in [2.05, 4.69) is 38.1 Å². The zero-order valence-corrected chi connectivity index (χ0v) is 13.1. The molecule has 0 spiro atoms. The highest BCUT2D eigenvalue weighted by Gasteiger charge is 2.07. The van der Waals surface area contributed by atoms with Gasteiger partial charge >= 0.3 is 0 Å². The van der Waals surface area contributed by atoms with Crippen LogP contribution in [-0.2, 0) is 13.0 Å². The van der Waals surface area contributed by atoms with Gasteiger partial charge in [-0.15, -0.1) is 0 Å². The van der Waals surface area contributed by atoms with Gasteiger partial charge in [0, 0.05) is 0 Å². The Labute approximate surface area is 127 Å². The van der Waals surface area contributed by atoms with Gasteiger partial charge in [0.25, 0.3) is 0 Å². The van der Waals surface area contributed by atoms with Crippen molar-refractivity contribution < 1.29 is 9.47 Å². The molecule has 112 valence electrons. The number of methoxy groups -OCH3 is 1. The molecule has 0 amide bonds. The molecule has 0 aromatic heterocycles. The molecule has 2 heteroatoms. The molecule has 2 nitrogen and oxygen atoms in total. The molecule has 0 N–H and O–H groups in total. The van der Waals surface area contributed by atoms with Crippen LogP contribution in [0.4, 0.5) is 0 Å². The van der Waals surface area contributed by atoms with E-state index >= 15 is 0 Å². The molecule has 0 radical (unpaired) electrons. The first-order chi connectivity index (χ1) is 10.2. The van der Waals surface area contributed by atoms with Crippen LogP contribution in [-0.4, -0.2) is 7.11 Å². The van der Waals surface area contributed by atoms with E-state index < -0.39 is 0 Å². The Hall–Kier alpha value is -1.96. The monoisotopic (exact) mass is 284 g/mol. The van der Waals surface area contributed by atoms with E-state index in [9.17, 15) is 0 Å². The molecule has 0 aliphatic rings. The minimum Gasteiger partial charge on any atom is -0.493 e. The lowest BCUT2D eigenvalue weighted by atomic mass is 10.0. The number of rotatable bonds is 7. The Morgan fingerprint density at radius 3 is 2.33 bits per heavy atom. The van der Waals surface area contributed by atoms with Gasteiger partial charge < -0.3 is 9.47 Å². The van der Waals surface area contributed by atoms with Gasteiger partial charge in [0.05, 0.1) is 7.11 Å². The van der Waals surface area contributed by atoms with E-state index in [0.29, 0.717) is 12.5 Å². The second kappa shape index (κ2) is 7.72. The lowest BCUT2D eigenvalue weighted by Gasteiger charge is -2.13. The molecule has 21 heavy (non-hydrogen) atoms. The van der Waals surface area contributed by atoms with Crippen molar-refractivity contribution in [2.24, 2.45) is 5.92 Å². The summed E-state index contributed by atoms with van der Waals surface area (Å²) in [7, 11) is 1.68. The van der Waals surface area contributed by atoms with Crippen LogP contribution in [0, 0.1) is 5.92 Å². The summed E-state index contributed by atoms with van der Waals surface area (Å²) in [6.07, 6.45) is 2.26. The van der Waals surface area contributed by atoms with Gasteiger partial charge in [0.2, 0.25) is 0 Å². The van der Waals surface area contributed by atoms with E-state index in [1.54, 1.807) is 7.11 Å². The third kappa shape index (κ3) is 4.82. The molecule has 0 bridgehead atoms. The average molecular weight is 284 g/mol. The van der Waals surface area contributed by atoms with Crippen molar-refractivity contribution in [2.75, 3.05) is 7.11 Å². The molecule has 0 heterocycles. The molecule has 2 aromatic rings. The van der Waals surface area contributed by atoms with E-state index in [1.165, 1.54) is 12.0 Å². The maximum atomic E-state index is 5.94. The molecule has 0 saturated carbocycles. The molecule has 2 rings (SSSR count). The van der Waals surface area contributed by atoms with Gasteiger partial charge in [-0.3, -0.25) is 0 Å². The van der Waals surface area contributed by atoms with Gasteiger partial charge in [-0.1, -0.05) is 50.2 Å². The lowest BCUT2D eigenvalue weighted by molar-refractivity contribution is 0.284. The van der Waals surface area contributed by atoms with Crippen LogP contribution in [0.1, 0.15) is 31.4 Å². The normalized spacial score (nSPS) is 10.7. The van der Waals surface area contributed by atoms with E-state index in [1.807, 2.05) is 24.3 Å². The third-order valence-electron chi connectivity index (χ3n) is 3.48. The molecular weight excluding hydrogens is 260 g/mol. The van der Waals surface area contributed by atoms with Crippen molar-refractivity contribution in [1.82, 2.24) is 0 Å². The van der Waals surface area contributed by atoms with Crippen LogP contribution in [0.25, 0.3) is 0 Å². The lowest BCUT2D eigenvalue weighted by Crippen LogP contribution is -1.99. The Morgan fingerprint density at radius 1 is 0.905 bits per heavy atom. The van der Waals surface area contributed by atoms with E-state index in [0.717, 1.165) is 23.5 Å². The van der Waals surface area contributed by atoms with Crippen LogP contribution >= 0.6 is 0 Å². The summed E-state index contributed by atoms with van der Waals surface area (Å²) in [6, 6.07) is 16.4. The Balaban J connectivity index is 2.06. The maximum absolute atomic E-state index is 5.94. The summed E-state index contributed by atoms with van der Waals surface area (Å²) in [4.78, 5) is 0. The summed E-state index contributed by atoms with van der Waals surface area (Å²) < 4.78 is 11.3. The van der Waals surface area contributed by atoms with E-state index in [4.69, 9.17) is 9.47 Å². The van der Waals surface area contributed by atoms with Gasteiger partial charge in [-0.05, 0) is 42.0 Å². The predicted octanol–water partition coefficient (Wildman–Crippen LogP) is 4.86. The second-order valence-corrected chi connectivity index (χ2v) is 5.69. The first-order valence-electron chi connectivity index (χ1n) is 7.52. The molecule has 0 aliphatic carbocycles. The molecule has 2 aromatic carbocycles. The average Bonchev–Trinajstić information content (AvgIpc) is 2.52. The number of aryl methyl sites for hydroxylation is 1. The standard InChI is InChI=1S/C19H24O2/c1-15(2)9-10-16-11-12-18(20-3)19(13-16)21-14-17-7-5-4-6-8-17/h4-8,11-13,15H,9-10,14H2,1-3H3. The minimum atomic E-state index is 0.560. The Bertz CT molecular complexity index is 547. The summed E-state index contributed by atoms with van der Waals surface area (Å²) in [5.74, 6) is 2.32. The second-order valence-electron chi connectivity index (χ2n) is 5.69. The van der Waals surface area contributed by atoms with Crippen molar-refractivity contribution in [3.8, 4) is 11.5 Å². The first-order valence-corrected chi connectivity index (χ1v) is 7.52. The number of benzene rings is 2. The molecule has 0 unspecified atom stereocenters. The Kier molecular flexibility index (Phi) is 5.68. The van der Waals surface area contributed by atoms with Gasteiger partial charge in [-0.25, -0.2) is 0 Å². The van der Waals surface area contributed by atoms with Crippen molar-refractivity contribution in [1.29, 1.82) is 0 Å². The topological polar surface area (TPSA) is 18.5 Å². The molecule has 0 fully saturated rings. The molecular formula is C19H24O2. The number of hydrogen-bond acceptors (Lipinski definition) is 2. The first kappa shape index (κ1) is 15.4. The van der Waals surface area contributed by atoms with Crippen LogP contribution in [0.15, 0.2) is 48.5 Å². The maximum Gasteiger partial charge on any atom is 0.161 e. The van der Waals surface area contributed by atoms with E-state index in [-0.39, 0.29) is 0 Å². The summed E-state index contributed by atoms with van der Waals surface area (Å²) in [6.45, 7) is 5.05. The van der Waals surface area contributed by atoms with Gasteiger partial charge in [0.1, 0.15) is 6.61 Å². The summed E-state index contributed by atoms with van der Waals surface area (Å²) >= 11 is 0. The summed E-state index contributed by atoms with van der Waals surface area (Å²) in [5, 5.41) is 0. The van der Waals surface area contributed by atoms with Crippen molar-refractivity contribution >= 4 is 0 Å². The van der Waals surface area contributed by atoms with Crippen molar-refractivity contribution in [3.63, 3.8) is 0 Å². The predicted molar refractivity (Wildman–Crippen MR) is 86.9 cm³/mol. The molecule has 0 atom stereocenters. The molecule has 0 aliphatic heterocycles. The molecule has 0 saturated heterocycles. The SMILES string of the molecule is COc1ccc(CCC(C)C)cc1OCc1ccccc1. The van der Waals surface area contributed by atoms with Gasteiger partial charge in [-0.2, -0.15) is 0 Å². The zero-order chi connectivity index (χ0) is 15.1. The summed E-state index contributed by atoms with van der Waals surface area (Å²) in [5.41, 5.74) is 2.46. The van der Waals surface area contributed by atoms with Crippen molar-refractivity contribution in [3.05, 3.63) is 59.7 Å². The highest BCUT2D eigenvalue weighted by Crippen LogP contribution is 2.29. The Morgan fingerprint density at radius 2 is 1.67 bits per heavy atom. The largest absolute Gasteiger partial charge is 0.493 e. The van der Waals surface area contributed by atoms with Crippen LogP contribution in [0.2, 0.25) is 0 Å². The highest BCUT2D eigenvalue weighted by molar-refractivity contribution is 5.43. The van der Waals surface area contributed by atoms with Crippen molar-refractivity contribution in [2.45, 2.75) is 33.3 Å². The highest BCUT2D eigenvalue weighted by atomic mass is 16.5. The fourth-order valence-electron chi connectivity index (χ4n) is 2.18. The number of hydrogen-bond donors (Lipinski definition) is 0. The van der Waals surface area contributed by atoms with Crippen LogP contribution < -0.4 is 9.47 Å². The zero-order valence-electron chi connectivity index (χ0n) is 13.1. The quantitative estimate of drug-likeness (QED) is 0.722. The fraction of sp³-hybridized carbons (Fsp3) is 0.368. The fourth-order valence-corrected chi connectivity index (χ4v) is 2.18. The van der Waals surface area contributed by atoms with Gasteiger partial charge in [0.15, 0.2) is 11.5 Å².